The van der Waals surface area contributed by atoms with Gasteiger partial charge in [0.2, 0.25) is 11.8 Å². The molecule has 0 aromatic heterocycles. The highest BCUT2D eigenvalue weighted by molar-refractivity contribution is 5.81. The molecule has 0 radical (unpaired) electrons. The quantitative estimate of drug-likeness (QED) is 0.650. The molecular weight excluding hydrogens is 232 g/mol. The van der Waals surface area contributed by atoms with Crippen molar-refractivity contribution in [1.82, 2.24) is 15.1 Å². The third-order valence-electron chi connectivity index (χ3n) is 3.74. The minimum atomic E-state index is -0.283. The fourth-order valence-corrected chi connectivity index (χ4v) is 2.60. The van der Waals surface area contributed by atoms with E-state index in [0.717, 1.165) is 45.6 Å². The molecule has 2 amide bonds. The van der Waals surface area contributed by atoms with Crippen molar-refractivity contribution in [3.05, 3.63) is 0 Å². The Morgan fingerprint density at radius 1 is 1.22 bits per heavy atom. The summed E-state index contributed by atoms with van der Waals surface area (Å²) in [7, 11) is 0. The van der Waals surface area contributed by atoms with E-state index in [9.17, 15) is 9.59 Å². The number of carbonyl (C=O) groups excluding carboxylic acids is 2. The van der Waals surface area contributed by atoms with Crippen molar-refractivity contribution in [3.8, 4) is 0 Å². The van der Waals surface area contributed by atoms with Crippen LogP contribution in [0.3, 0.4) is 0 Å². The normalized spacial score (nSPS) is 26.0. The van der Waals surface area contributed by atoms with E-state index in [1.165, 1.54) is 0 Å². The second kappa shape index (κ2) is 6.15. The van der Waals surface area contributed by atoms with Crippen LogP contribution in [0.4, 0.5) is 0 Å². The molecule has 2 fully saturated rings. The van der Waals surface area contributed by atoms with Gasteiger partial charge < -0.3 is 16.0 Å². The Kier molecular flexibility index (Phi) is 4.54. The monoisotopic (exact) mass is 254 g/mol. The van der Waals surface area contributed by atoms with Crippen molar-refractivity contribution >= 4 is 11.8 Å². The predicted molar refractivity (Wildman–Crippen MR) is 67.8 cm³/mol. The summed E-state index contributed by atoms with van der Waals surface area (Å²) in [6, 6.07) is 0. The Morgan fingerprint density at radius 3 is 2.61 bits per heavy atom. The molecule has 0 spiro atoms. The lowest BCUT2D eigenvalue weighted by Crippen LogP contribution is -2.51. The number of piperazine rings is 1. The number of nitrogens with two attached hydrogens (primary N) is 1. The molecule has 1 atom stereocenters. The number of carbonyl (C=O) groups is 2. The van der Waals surface area contributed by atoms with E-state index >= 15 is 0 Å². The number of likely N-dealkylation sites (tertiary alicyclic amines) is 1. The van der Waals surface area contributed by atoms with Crippen molar-refractivity contribution < 1.29 is 9.59 Å². The average Bonchev–Trinajstić information content (AvgIpc) is 2.40. The first kappa shape index (κ1) is 13.3. The lowest BCUT2D eigenvalue weighted by atomic mass is 9.97. The van der Waals surface area contributed by atoms with E-state index in [0.29, 0.717) is 13.1 Å². The first-order chi connectivity index (χ1) is 8.66. The number of amides is 2. The molecular formula is C12H22N4O2. The van der Waals surface area contributed by atoms with Gasteiger partial charge in [0.25, 0.3) is 0 Å². The van der Waals surface area contributed by atoms with Crippen LogP contribution in [0.15, 0.2) is 0 Å². The van der Waals surface area contributed by atoms with E-state index in [4.69, 9.17) is 5.73 Å². The average molecular weight is 254 g/mol. The largest absolute Gasteiger partial charge is 0.369 e. The van der Waals surface area contributed by atoms with Crippen LogP contribution in [0.1, 0.15) is 12.8 Å². The van der Waals surface area contributed by atoms with Gasteiger partial charge in [-0.25, -0.2) is 0 Å². The molecule has 3 N–H and O–H groups in total. The number of nitrogens with one attached hydrogen (secondary N) is 1. The van der Waals surface area contributed by atoms with Crippen LogP contribution < -0.4 is 11.1 Å². The molecule has 6 nitrogen and oxygen atoms in total. The van der Waals surface area contributed by atoms with Gasteiger partial charge in [-0.1, -0.05) is 0 Å². The van der Waals surface area contributed by atoms with Crippen LogP contribution in [0, 0.1) is 5.92 Å². The number of piperidine rings is 1. The maximum Gasteiger partial charge on any atom is 0.236 e. The molecule has 0 aromatic carbocycles. The van der Waals surface area contributed by atoms with Gasteiger partial charge >= 0.3 is 0 Å². The Bertz CT molecular complexity index is 315. The fourth-order valence-electron chi connectivity index (χ4n) is 2.60. The van der Waals surface area contributed by atoms with Crippen LogP contribution >= 0.6 is 0 Å². The van der Waals surface area contributed by atoms with Gasteiger partial charge in [0.15, 0.2) is 0 Å². The van der Waals surface area contributed by atoms with Crippen LogP contribution in [-0.4, -0.2) is 67.4 Å². The zero-order chi connectivity index (χ0) is 13.0. The van der Waals surface area contributed by atoms with Crippen LogP contribution in [-0.2, 0) is 9.59 Å². The molecule has 18 heavy (non-hydrogen) atoms. The highest BCUT2D eigenvalue weighted by Gasteiger charge is 2.27. The summed E-state index contributed by atoms with van der Waals surface area (Å²) >= 11 is 0. The minimum Gasteiger partial charge on any atom is -0.369 e. The molecule has 0 bridgehead atoms. The van der Waals surface area contributed by atoms with Gasteiger partial charge in [-0.05, 0) is 12.8 Å². The lowest BCUT2D eigenvalue weighted by molar-refractivity contribution is -0.136. The van der Waals surface area contributed by atoms with Crippen molar-refractivity contribution in [2.75, 3.05) is 45.8 Å². The highest BCUT2D eigenvalue weighted by atomic mass is 16.2. The molecule has 0 aromatic rings. The Labute approximate surface area is 107 Å². The molecule has 1 unspecified atom stereocenters. The number of hydrogen-bond donors (Lipinski definition) is 2. The third kappa shape index (κ3) is 3.43. The summed E-state index contributed by atoms with van der Waals surface area (Å²) in [5.41, 5.74) is 5.32. The van der Waals surface area contributed by atoms with E-state index in [2.05, 4.69) is 10.2 Å². The SMILES string of the molecule is NC(=O)C1CCCN(C(=O)CN2CCNCC2)C1. The summed E-state index contributed by atoms with van der Waals surface area (Å²) in [5, 5.41) is 3.26. The summed E-state index contributed by atoms with van der Waals surface area (Å²) in [4.78, 5) is 27.3. The van der Waals surface area contributed by atoms with Gasteiger partial charge in [-0.3, -0.25) is 14.5 Å². The van der Waals surface area contributed by atoms with E-state index in [1.54, 1.807) is 4.90 Å². The fraction of sp³-hybridized carbons (Fsp3) is 0.833. The number of nitrogens with zero attached hydrogens (tertiary/aromatic N) is 2. The van der Waals surface area contributed by atoms with Gasteiger partial charge in [0.05, 0.1) is 12.5 Å². The molecule has 2 aliphatic heterocycles. The minimum absolute atomic E-state index is 0.128. The van der Waals surface area contributed by atoms with Gasteiger partial charge in [0.1, 0.15) is 0 Å². The standard InChI is InChI=1S/C12H22N4O2/c13-12(18)10-2-1-5-16(8-10)11(17)9-15-6-3-14-4-7-15/h10,14H,1-9H2,(H2,13,18). The molecule has 2 rings (SSSR count). The molecule has 2 aliphatic rings. The van der Waals surface area contributed by atoms with Crippen molar-refractivity contribution in [2.24, 2.45) is 11.7 Å². The topological polar surface area (TPSA) is 78.7 Å². The first-order valence-electron chi connectivity index (χ1n) is 6.67. The van der Waals surface area contributed by atoms with Gasteiger partial charge in [-0.15, -0.1) is 0 Å². The molecule has 0 aliphatic carbocycles. The summed E-state index contributed by atoms with van der Waals surface area (Å²) < 4.78 is 0. The predicted octanol–water partition coefficient (Wildman–Crippen LogP) is -1.38. The molecule has 102 valence electrons. The number of rotatable bonds is 3. The number of hydrogen-bond acceptors (Lipinski definition) is 4. The smallest absolute Gasteiger partial charge is 0.236 e. The number of primary amides is 1. The zero-order valence-electron chi connectivity index (χ0n) is 10.7. The van der Waals surface area contributed by atoms with Crippen LogP contribution in [0.25, 0.3) is 0 Å². The first-order valence-corrected chi connectivity index (χ1v) is 6.67. The van der Waals surface area contributed by atoms with E-state index in [1.807, 2.05) is 0 Å². The Hall–Kier alpha value is -1.14. The summed E-state index contributed by atoms with van der Waals surface area (Å²) in [6.45, 7) is 5.44. The van der Waals surface area contributed by atoms with Crippen molar-refractivity contribution in [2.45, 2.75) is 12.8 Å². The highest BCUT2D eigenvalue weighted by Crippen LogP contribution is 2.16. The lowest BCUT2D eigenvalue weighted by Gasteiger charge is -2.34. The molecule has 2 heterocycles. The second-order valence-electron chi connectivity index (χ2n) is 5.11. The van der Waals surface area contributed by atoms with Crippen LogP contribution in [0.5, 0.6) is 0 Å². The zero-order valence-corrected chi connectivity index (χ0v) is 10.7. The Morgan fingerprint density at radius 2 is 1.94 bits per heavy atom. The maximum absolute atomic E-state index is 12.1. The van der Waals surface area contributed by atoms with Crippen LogP contribution in [0.2, 0.25) is 0 Å². The van der Waals surface area contributed by atoms with Gasteiger partial charge in [0, 0.05) is 39.3 Å². The maximum atomic E-state index is 12.1. The van der Waals surface area contributed by atoms with E-state index < -0.39 is 0 Å². The molecule has 0 saturated carbocycles. The summed E-state index contributed by atoms with van der Waals surface area (Å²) in [6.07, 6.45) is 1.69. The van der Waals surface area contributed by atoms with Crippen molar-refractivity contribution in [1.29, 1.82) is 0 Å². The molecule has 2 saturated heterocycles. The van der Waals surface area contributed by atoms with Crippen molar-refractivity contribution in [3.63, 3.8) is 0 Å². The third-order valence-corrected chi connectivity index (χ3v) is 3.74. The molecule has 6 heteroatoms. The van der Waals surface area contributed by atoms with Gasteiger partial charge in [-0.2, -0.15) is 0 Å². The Balaban J connectivity index is 1.82. The summed E-state index contributed by atoms with van der Waals surface area (Å²) in [5.74, 6) is -0.316. The second-order valence-corrected chi connectivity index (χ2v) is 5.11. The van der Waals surface area contributed by atoms with E-state index in [-0.39, 0.29) is 17.7 Å².